The largest absolute Gasteiger partial charge is 0.381 e. The molecule has 1 aromatic heterocycles. The van der Waals surface area contributed by atoms with Crippen LogP contribution in [0.2, 0.25) is 0 Å². The summed E-state index contributed by atoms with van der Waals surface area (Å²) in [6, 6.07) is 0. The minimum Gasteiger partial charge on any atom is -0.381 e. The Hall–Kier alpha value is -1.20. The van der Waals surface area contributed by atoms with E-state index in [1.165, 1.54) is 0 Å². The van der Waals surface area contributed by atoms with Gasteiger partial charge in [0.15, 0.2) is 0 Å². The van der Waals surface area contributed by atoms with Gasteiger partial charge in [0.25, 0.3) is 0 Å². The number of anilines is 1. The number of rotatable bonds is 5. The second kappa shape index (κ2) is 5.63. The highest BCUT2D eigenvalue weighted by Crippen LogP contribution is 2.13. The van der Waals surface area contributed by atoms with Gasteiger partial charge in [-0.05, 0) is 20.8 Å². The molecule has 84 valence electrons. The second-order valence-corrected chi connectivity index (χ2v) is 3.29. The Balaban J connectivity index is 2.77. The van der Waals surface area contributed by atoms with E-state index >= 15 is 0 Å². The molecule has 0 atom stereocenters. The maximum atomic E-state index is 5.37. The quantitative estimate of drug-likeness (QED) is 0.430. The van der Waals surface area contributed by atoms with Crippen LogP contribution in [0.4, 0.5) is 5.82 Å². The lowest BCUT2D eigenvalue weighted by Crippen LogP contribution is -2.14. The Bertz CT molecular complexity index is 327. The zero-order valence-electron chi connectivity index (χ0n) is 9.50. The van der Waals surface area contributed by atoms with E-state index in [9.17, 15) is 0 Å². The molecule has 15 heavy (non-hydrogen) atoms. The lowest BCUT2D eigenvalue weighted by Gasteiger charge is -2.09. The van der Waals surface area contributed by atoms with Gasteiger partial charge in [0.05, 0.1) is 6.61 Å². The lowest BCUT2D eigenvalue weighted by atomic mass is 10.2. The van der Waals surface area contributed by atoms with Crippen LogP contribution in [0.1, 0.15) is 24.0 Å². The van der Waals surface area contributed by atoms with E-state index in [4.69, 9.17) is 10.6 Å². The van der Waals surface area contributed by atoms with E-state index in [-0.39, 0.29) is 0 Å². The summed E-state index contributed by atoms with van der Waals surface area (Å²) >= 11 is 0. The van der Waals surface area contributed by atoms with Crippen molar-refractivity contribution < 1.29 is 4.74 Å². The first-order valence-electron chi connectivity index (χ1n) is 5.07. The fourth-order valence-electron chi connectivity index (χ4n) is 1.25. The number of nitrogen functional groups attached to an aromatic ring is 1. The Labute approximate surface area is 90.0 Å². The monoisotopic (exact) mass is 210 g/mol. The van der Waals surface area contributed by atoms with Crippen LogP contribution in [0.25, 0.3) is 0 Å². The van der Waals surface area contributed by atoms with Crippen molar-refractivity contribution in [3.8, 4) is 0 Å². The van der Waals surface area contributed by atoms with Crippen LogP contribution in [-0.4, -0.2) is 23.2 Å². The molecular weight excluding hydrogens is 192 g/mol. The predicted octanol–water partition coefficient (Wildman–Crippen LogP) is 0.958. The Morgan fingerprint density at radius 2 is 2.07 bits per heavy atom. The molecule has 0 spiro atoms. The minimum atomic E-state index is 0.642. The highest BCUT2D eigenvalue weighted by Gasteiger charge is 2.06. The summed E-state index contributed by atoms with van der Waals surface area (Å²) in [5, 5.41) is 0. The fourth-order valence-corrected chi connectivity index (χ4v) is 1.25. The zero-order chi connectivity index (χ0) is 11.3. The van der Waals surface area contributed by atoms with E-state index in [2.05, 4.69) is 15.4 Å². The molecule has 0 saturated carbocycles. The SMILES string of the molecule is CCOCCc1nc(C)c(C)c(NN)n1. The standard InChI is InChI=1S/C10H18N4O/c1-4-15-6-5-9-12-8(3)7(2)10(13-9)14-11/h4-6,11H2,1-3H3,(H,12,13,14). The van der Waals surface area contributed by atoms with Gasteiger partial charge in [-0.25, -0.2) is 15.8 Å². The third-order valence-corrected chi connectivity index (χ3v) is 2.25. The highest BCUT2D eigenvalue weighted by molar-refractivity contribution is 5.44. The van der Waals surface area contributed by atoms with Crippen molar-refractivity contribution in [1.29, 1.82) is 0 Å². The third kappa shape index (κ3) is 3.14. The van der Waals surface area contributed by atoms with Crippen LogP contribution in [0.3, 0.4) is 0 Å². The number of aryl methyl sites for hydroxylation is 1. The van der Waals surface area contributed by atoms with Crippen LogP contribution in [0.5, 0.6) is 0 Å². The molecule has 0 unspecified atom stereocenters. The molecule has 0 aliphatic heterocycles. The van der Waals surface area contributed by atoms with E-state index < -0.39 is 0 Å². The molecular formula is C10H18N4O. The molecule has 1 rings (SSSR count). The Morgan fingerprint density at radius 3 is 2.67 bits per heavy atom. The van der Waals surface area contributed by atoms with E-state index in [1.54, 1.807) is 0 Å². The van der Waals surface area contributed by atoms with Crippen molar-refractivity contribution in [3.63, 3.8) is 0 Å². The molecule has 0 saturated heterocycles. The number of nitrogens with two attached hydrogens (primary N) is 1. The maximum Gasteiger partial charge on any atom is 0.146 e. The normalized spacial score (nSPS) is 10.4. The van der Waals surface area contributed by atoms with Crippen LogP contribution < -0.4 is 11.3 Å². The van der Waals surface area contributed by atoms with Crippen molar-refractivity contribution in [2.45, 2.75) is 27.2 Å². The summed E-state index contributed by atoms with van der Waals surface area (Å²) in [6.07, 6.45) is 0.712. The fraction of sp³-hybridized carbons (Fsp3) is 0.600. The van der Waals surface area contributed by atoms with Gasteiger partial charge >= 0.3 is 0 Å². The van der Waals surface area contributed by atoms with Crippen molar-refractivity contribution in [2.24, 2.45) is 5.84 Å². The maximum absolute atomic E-state index is 5.37. The Kier molecular flexibility index (Phi) is 4.45. The zero-order valence-corrected chi connectivity index (χ0v) is 9.50. The molecule has 5 heteroatoms. The summed E-state index contributed by atoms with van der Waals surface area (Å²) in [4.78, 5) is 8.66. The van der Waals surface area contributed by atoms with Gasteiger partial charge in [-0.1, -0.05) is 0 Å². The van der Waals surface area contributed by atoms with Crippen LogP contribution in [0.15, 0.2) is 0 Å². The molecule has 0 radical (unpaired) electrons. The van der Waals surface area contributed by atoms with Crippen molar-refractivity contribution in [2.75, 3.05) is 18.6 Å². The molecule has 0 aliphatic rings. The van der Waals surface area contributed by atoms with Crippen LogP contribution in [0, 0.1) is 13.8 Å². The molecule has 0 bridgehead atoms. The van der Waals surface area contributed by atoms with E-state index in [0.29, 0.717) is 25.5 Å². The molecule has 1 heterocycles. The predicted molar refractivity (Wildman–Crippen MR) is 59.5 cm³/mol. The first-order chi connectivity index (χ1) is 7.19. The third-order valence-electron chi connectivity index (χ3n) is 2.25. The van der Waals surface area contributed by atoms with Crippen molar-refractivity contribution in [3.05, 3.63) is 17.1 Å². The average molecular weight is 210 g/mol. The smallest absolute Gasteiger partial charge is 0.146 e. The average Bonchev–Trinajstić information content (AvgIpc) is 2.23. The van der Waals surface area contributed by atoms with Gasteiger partial charge in [-0.15, -0.1) is 0 Å². The minimum absolute atomic E-state index is 0.642. The molecule has 3 N–H and O–H groups in total. The number of hydrogen-bond acceptors (Lipinski definition) is 5. The molecule has 0 aliphatic carbocycles. The van der Waals surface area contributed by atoms with Gasteiger partial charge in [0.1, 0.15) is 11.6 Å². The van der Waals surface area contributed by atoms with Gasteiger partial charge < -0.3 is 10.2 Å². The van der Waals surface area contributed by atoms with Gasteiger partial charge in [-0.2, -0.15) is 0 Å². The van der Waals surface area contributed by atoms with Gasteiger partial charge in [0.2, 0.25) is 0 Å². The molecule has 0 aromatic carbocycles. The number of hydrazine groups is 1. The summed E-state index contributed by atoms with van der Waals surface area (Å²) in [5.74, 6) is 6.82. The van der Waals surface area contributed by atoms with Gasteiger partial charge in [0, 0.05) is 24.3 Å². The first-order valence-corrected chi connectivity index (χ1v) is 5.07. The van der Waals surface area contributed by atoms with E-state index in [1.807, 2.05) is 20.8 Å². The number of aromatic nitrogens is 2. The van der Waals surface area contributed by atoms with Crippen LogP contribution in [-0.2, 0) is 11.2 Å². The lowest BCUT2D eigenvalue weighted by molar-refractivity contribution is 0.149. The molecule has 0 amide bonds. The topological polar surface area (TPSA) is 73.1 Å². The number of nitrogens with one attached hydrogen (secondary N) is 1. The summed E-state index contributed by atoms with van der Waals surface area (Å²) in [6.45, 7) is 7.21. The van der Waals surface area contributed by atoms with Crippen molar-refractivity contribution in [1.82, 2.24) is 9.97 Å². The number of ether oxygens (including phenoxy) is 1. The van der Waals surface area contributed by atoms with Crippen molar-refractivity contribution >= 4 is 5.82 Å². The molecule has 1 aromatic rings. The number of nitrogens with zero attached hydrogens (tertiary/aromatic N) is 2. The highest BCUT2D eigenvalue weighted by atomic mass is 16.5. The summed E-state index contributed by atoms with van der Waals surface area (Å²) in [5.41, 5.74) is 4.51. The summed E-state index contributed by atoms with van der Waals surface area (Å²) < 4.78 is 5.25. The molecule has 0 fully saturated rings. The second-order valence-electron chi connectivity index (χ2n) is 3.29. The van der Waals surface area contributed by atoms with Crippen LogP contribution >= 0.6 is 0 Å². The Morgan fingerprint density at radius 1 is 1.33 bits per heavy atom. The number of hydrogen-bond donors (Lipinski definition) is 2. The molecule has 5 nitrogen and oxygen atoms in total. The van der Waals surface area contributed by atoms with Gasteiger partial charge in [-0.3, -0.25) is 0 Å². The first kappa shape index (κ1) is 11.9. The summed E-state index contributed by atoms with van der Waals surface area (Å²) in [7, 11) is 0. The van der Waals surface area contributed by atoms with E-state index in [0.717, 1.165) is 17.1 Å².